The zero-order chi connectivity index (χ0) is 15.4. The van der Waals surface area contributed by atoms with Crippen molar-refractivity contribution in [1.29, 1.82) is 0 Å². The van der Waals surface area contributed by atoms with Gasteiger partial charge in [0.1, 0.15) is 6.04 Å². The van der Waals surface area contributed by atoms with Crippen LogP contribution < -0.4 is 11.1 Å². The molecule has 0 bridgehead atoms. The van der Waals surface area contributed by atoms with Crippen molar-refractivity contribution in [3.8, 4) is 0 Å². The van der Waals surface area contributed by atoms with Gasteiger partial charge in [0.2, 0.25) is 5.91 Å². The number of imide groups is 1. The van der Waals surface area contributed by atoms with Crippen LogP contribution in [0, 0.1) is 0 Å². The van der Waals surface area contributed by atoms with Crippen LogP contribution in [0.1, 0.15) is 16.8 Å². The SMILES string of the molecule is N[C@@H](CC(=O)NC(=O)c1ccc2ccccc2c1)C(=O)O. The zero-order valence-electron chi connectivity index (χ0n) is 11.1. The normalized spacial score (nSPS) is 11.9. The molecule has 0 unspecified atom stereocenters. The van der Waals surface area contributed by atoms with Crippen LogP contribution in [0.5, 0.6) is 0 Å². The first-order valence-electron chi connectivity index (χ1n) is 6.29. The minimum absolute atomic E-state index is 0.325. The van der Waals surface area contributed by atoms with Crippen LogP contribution in [0.15, 0.2) is 42.5 Å². The van der Waals surface area contributed by atoms with E-state index in [-0.39, 0.29) is 0 Å². The van der Waals surface area contributed by atoms with E-state index < -0.39 is 30.2 Å². The second kappa shape index (κ2) is 6.15. The smallest absolute Gasteiger partial charge is 0.321 e. The topological polar surface area (TPSA) is 109 Å². The Kier molecular flexibility index (Phi) is 4.30. The Bertz CT molecular complexity index is 712. The number of nitrogens with two attached hydrogens (primary N) is 1. The minimum atomic E-state index is -1.32. The third-order valence-electron chi connectivity index (χ3n) is 2.99. The van der Waals surface area contributed by atoms with Crippen molar-refractivity contribution >= 4 is 28.6 Å². The molecule has 1 atom stereocenters. The summed E-state index contributed by atoms with van der Waals surface area (Å²) in [5.41, 5.74) is 5.56. The molecule has 2 amide bonds. The van der Waals surface area contributed by atoms with E-state index in [1.807, 2.05) is 24.3 Å². The lowest BCUT2D eigenvalue weighted by Gasteiger charge is -2.07. The summed E-state index contributed by atoms with van der Waals surface area (Å²) in [4.78, 5) is 34.0. The van der Waals surface area contributed by atoms with Gasteiger partial charge in [0, 0.05) is 5.56 Å². The fraction of sp³-hybridized carbons (Fsp3) is 0.133. The molecule has 2 rings (SSSR count). The molecule has 108 valence electrons. The standard InChI is InChI=1S/C15H14N2O4/c16-12(15(20)21)8-13(18)17-14(19)11-6-5-9-3-1-2-4-10(9)7-11/h1-7,12H,8,16H2,(H,20,21)(H,17,18,19)/t12-/m0/s1. The summed E-state index contributed by atoms with van der Waals surface area (Å²) in [5.74, 6) is -2.59. The lowest BCUT2D eigenvalue weighted by molar-refractivity contribution is -0.140. The van der Waals surface area contributed by atoms with Gasteiger partial charge in [0.15, 0.2) is 0 Å². The van der Waals surface area contributed by atoms with Gasteiger partial charge in [-0.2, -0.15) is 0 Å². The summed E-state index contributed by atoms with van der Waals surface area (Å²) in [6, 6.07) is 11.2. The van der Waals surface area contributed by atoms with Crippen LogP contribution in [-0.4, -0.2) is 28.9 Å². The van der Waals surface area contributed by atoms with Gasteiger partial charge >= 0.3 is 5.97 Å². The van der Waals surface area contributed by atoms with Crippen LogP contribution in [0.25, 0.3) is 10.8 Å². The maximum atomic E-state index is 11.9. The number of nitrogens with one attached hydrogen (secondary N) is 1. The number of amides is 2. The Hall–Kier alpha value is -2.73. The molecule has 0 aliphatic carbocycles. The molecule has 0 aromatic heterocycles. The third-order valence-corrected chi connectivity index (χ3v) is 2.99. The number of fused-ring (bicyclic) bond motifs is 1. The average molecular weight is 286 g/mol. The van der Waals surface area contributed by atoms with Gasteiger partial charge < -0.3 is 10.8 Å². The lowest BCUT2D eigenvalue weighted by atomic mass is 10.1. The first-order valence-corrected chi connectivity index (χ1v) is 6.29. The second-order valence-corrected chi connectivity index (χ2v) is 4.59. The molecule has 2 aromatic rings. The summed E-state index contributed by atoms with van der Waals surface area (Å²) in [6.07, 6.45) is -0.450. The zero-order valence-corrected chi connectivity index (χ0v) is 11.1. The number of aliphatic carboxylic acids is 1. The van der Waals surface area contributed by atoms with E-state index in [9.17, 15) is 14.4 Å². The van der Waals surface area contributed by atoms with Gasteiger partial charge in [-0.3, -0.25) is 19.7 Å². The van der Waals surface area contributed by atoms with E-state index >= 15 is 0 Å². The summed E-state index contributed by atoms with van der Waals surface area (Å²) in [7, 11) is 0. The van der Waals surface area contributed by atoms with E-state index in [2.05, 4.69) is 5.32 Å². The van der Waals surface area contributed by atoms with Crippen molar-refractivity contribution in [3.05, 3.63) is 48.0 Å². The highest BCUT2D eigenvalue weighted by molar-refractivity contribution is 6.07. The Morgan fingerprint density at radius 2 is 1.76 bits per heavy atom. The Morgan fingerprint density at radius 1 is 1.10 bits per heavy atom. The molecule has 0 saturated carbocycles. The fourth-order valence-corrected chi connectivity index (χ4v) is 1.87. The van der Waals surface area contributed by atoms with Crippen LogP contribution in [0.4, 0.5) is 0 Å². The van der Waals surface area contributed by atoms with Gasteiger partial charge in [-0.15, -0.1) is 0 Å². The highest BCUT2D eigenvalue weighted by atomic mass is 16.4. The molecule has 0 saturated heterocycles. The predicted octanol–water partition coefficient (Wildman–Crippen LogP) is 0.898. The molecule has 21 heavy (non-hydrogen) atoms. The van der Waals surface area contributed by atoms with Crippen molar-refractivity contribution in [3.63, 3.8) is 0 Å². The first kappa shape index (κ1) is 14.7. The summed E-state index contributed by atoms with van der Waals surface area (Å²) in [6.45, 7) is 0. The molecule has 0 aliphatic rings. The van der Waals surface area contributed by atoms with Crippen molar-refractivity contribution in [1.82, 2.24) is 5.32 Å². The van der Waals surface area contributed by atoms with Gasteiger partial charge in [0.05, 0.1) is 6.42 Å². The highest BCUT2D eigenvalue weighted by Gasteiger charge is 2.18. The molecular formula is C15H14N2O4. The van der Waals surface area contributed by atoms with Crippen molar-refractivity contribution in [2.45, 2.75) is 12.5 Å². The summed E-state index contributed by atoms with van der Waals surface area (Å²) < 4.78 is 0. The number of carbonyl (C=O) groups excluding carboxylic acids is 2. The first-order chi connectivity index (χ1) is 9.97. The number of carboxylic acids is 1. The van der Waals surface area contributed by atoms with Crippen LogP contribution in [-0.2, 0) is 9.59 Å². The molecule has 0 heterocycles. The fourth-order valence-electron chi connectivity index (χ4n) is 1.87. The maximum absolute atomic E-state index is 11.9. The van der Waals surface area contributed by atoms with E-state index in [4.69, 9.17) is 10.8 Å². The van der Waals surface area contributed by atoms with E-state index in [1.165, 1.54) is 0 Å². The molecule has 2 aromatic carbocycles. The van der Waals surface area contributed by atoms with Crippen LogP contribution in [0.2, 0.25) is 0 Å². The quantitative estimate of drug-likeness (QED) is 0.773. The molecule has 0 spiro atoms. The van der Waals surface area contributed by atoms with Gasteiger partial charge in [-0.1, -0.05) is 30.3 Å². The number of hydrogen-bond acceptors (Lipinski definition) is 4. The summed E-state index contributed by atoms with van der Waals surface area (Å²) in [5, 5.41) is 12.6. The summed E-state index contributed by atoms with van der Waals surface area (Å²) >= 11 is 0. The molecule has 6 nitrogen and oxygen atoms in total. The van der Waals surface area contributed by atoms with Crippen molar-refractivity contribution in [2.75, 3.05) is 0 Å². The van der Waals surface area contributed by atoms with E-state index in [1.54, 1.807) is 18.2 Å². The number of carboxylic acid groups (broad SMARTS) is 1. The molecule has 4 N–H and O–H groups in total. The second-order valence-electron chi connectivity index (χ2n) is 4.59. The van der Waals surface area contributed by atoms with Crippen molar-refractivity contribution < 1.29 is 19.5 Å². The van der Waals surface area contributed by atoms with Crippen molar-refractivity contribution in [2.24, 2.45) is 5.73 Å². The molecule has 0 radical (unpaired) electrons. The van der Waals surface area contributed by atoms with Crippen LogP contribution >= 0.6 is 0 Å². The lowest BCUT2D eigenvalue weighted by Crippen LogP contribution is -2.39. The predicted molar refractivity (Wildman–Crippen MR) is 76.6 cm³/mol. The van der Waals surface area contributed by atoms with Gasteiger partial charge in [0.25, 0.3) is 5.91 Å². The number of benzene rings is 2. The number of carbonyl (C=O) groups is 3. The molecule has 6 heteroatoms. The Morgan fingerprint density at radius 3 is 2.43 bits per heavy atom. The van der Waals surface area contributed by atoms with E-state index in [0.29, 0.717) is 5.56 Å². The largest absolute Gasteiger partial charge is 0.480 e. The Labute approximate surface area is 120 Å². The molecular weight excluding hydrogens is 272 g/mol. The Balaban J connectivity index is 2.08. The number of hydrogen-bond donors (Lipinski definition) is 3. The molecule has 0 aliphatic heterocycles. The molecule has 0 fully saturated rings. The van der Waals surface area contributed by atoms with E-state index in [0.717, 1.165) is 10.8 Å². The van der Waals surface area contributed by atoms with Gasteiger partial charge in [-0.25, -0.2) is 0 Å². The monoisotopic (exact) mass is 286 g/mol. The average Bonchev–Trinajstić information content (AvgIpc) is 2.46. The maximum Gasteiger partial charge on any atom is 0.321 e. The van der Waals surface area contributed by atoms with Gasteiger partial charge in [-0.05, 0) is 22.9 Å². The minimum Gasteiger partial charge on any atom is -0.480 e. The third kappa shape index (κ3) is 3.64. The highest BCUT2D eigenvalue weighted by Crippen LogP contribution is 2.15. The number of rotatable bonds is 4. The van der Waals surface area contributed by atoms with Crippen LogP contribution in [0.3, 0.4) is 0 Å².